The van der Waals surface area contributed by atoms with Gasteiger partial charge in [-0.3, -0.25) is 0 Å². The average molecular weight is 254 g/mol. The maximum Gasteiger partial charge on any atom is 0.230 e. The molecule has 1 atom stereocenters. The highest BCUT2D eigenvalue weighted by molar-refractivity contribution is 7.47. The molecule has 0 aliphatic heterocycles. The predicted molar refractivity (Wildman–Crippen MR) is 74.5 cm³/mol. The summed E-state index contributed by atoms with van der Waals surface area (Å²) in [6.07, 6.45) is 0.983. The number of rotatable bonds is 7. The van der Waals surface area contributed by atoms with Gasteiger partial charge >= 0.3 is 0 Å². The summed E-state index contributed by atoms with van der Waals surface area (Å²) in [5.41, 5.74) is 0. The summed E-state index contributed by atoms with van der Waals surface area (Å²) in [5.74, 6) is 2.05. The highest BCUT2D eigenvalue weighted by Gasteiger charge is 2.15. The molecule has 0 saturated heterocycles. The van der Waals surface area contributed by atoms with Gasteiger partial charge in [0, 0.05) is 6.16 Å². The van der Waals surface area contributed by atoms with Crippen LogP contribution in [0.25, 0.3) is 0 Å². The number of hydrogen-bond acceptors (Lipinski definition) is 2. The first-order chi connectivity index (χ1) is 8.08. The molecule has 0 radical (unpaired) electrons. The van der Waals surface area contributed by atoms with Gasteiger partial charge in [-0.15, -0.1) is 0 Å². The van der Waals surface area contributed by atoms with Crippen LogP contribution in [0.15, 0.2) is 30.3 Å². The first-order valence-corrected chi connectivity index (χ1v) is 7.57. The second kappa shape index (κ2) is 7.68. The summed E-state index contributed by atoms with van der Waals surface area (Å²) in [4.78, 5) is 0. The van der Waals surface area contributed by atoms with E-state index in [0.717, 1.165) is 18.5 Å². The molecule has 0 N–H and O–H groups in total. The molecule has 0 bridgehead atoms. The van der Waals surface area contributed by atoms with Crippen molar-refractivity contribution in [3.8, 4) is 5.75 Å². The predicted octanol–water partition coefficient (Wildman–Crippen LogP) is 4.71. The van der Waals surface area contributed by atoms with Gasteiger partial charge in [-0.25, -0.2) is 0 Å². The first kappa shape index (κ1) is 14.5. The Labute approximate surface area is 106 Å². The normalized spacial score (nSPS) is 13.1. The Balaban J connectivity index is 2.51. The lowest BCUT2D eigenvalue weighted by atomic mass is 10.2. The lowest BCUT2D eigenvalue weighted by molar-refractivity contribution is 0.269. The third-order valence-electron chi connectivity index (χ3n) is 2.02. The highest BCUT2D eigenvalue weighted by atomic mass is 31.2. The van der Waals surface area contributed by atoms with Crippen LogP contribution >= 0.6 is 8.38 Å². The Hall–Kier alpha value is -0.590. The highest BCUT2D eigenvalue weighted by Crippen LogP contribution is 2.41. The molecule has 96 valence electrons. The molecule has 1 unspecified atom stereocenters. The molecule has 3 heteroatoms. The minimum atomic E-state index is -0.809. The van der Waals surface area contributed by atoms with Crippen molar-refractivity contribution >= 4 is 8.38 Å². The Bertz CT molecular complexity index is 298. The topological polar surface area (TPSA) is 18.5 Å². The van der Waals surface area contributed by atoms with Gasteiger partial charge in [-0.05, 0) is 24.0 Å². The van der Waals surface area contributed by atoms with Crippen LogP contribution in [0.2, 0.25) is 0 Å². The van der Waals surface area contributed by atoms with Gasteiger partial charge in [-0.1, -0.05) is 45.9 Å². The molecule has 0 heterocycles. The van der Waals surface area contributed by atoms with Gasteiger partial charge in [0.2, 0.25) is 8.38 Å². The van der Waals surface area contributed by atoms with E-state index in [1.54, 1.807) is 0 Å². The molecule has 17 heavy (non-hydrogen) atoms. The van der Waals surface area contributed by atoms with E-state index in [2.05, 4.69) is 27.7 Å². The molecule has 0 aromatic heterocycles. The fourth-order valence-electron chi connectivity index (χ4n) is 1.25. The van der Waals surface area contributed by atoms with E-state index in [0.29, 0.717) is 11.8 Å². The van der Waals surface area contributed by atoms with Crippen molar-refractivity contribution in [2.75, 3.05) is 12.8 Å². The van der Waals surface area contributed by atoms with Crippen molar-refractivity contribution in [1.82, 2.24) is 0 Å². The van der Waals surface area contributed by atoms with Crippen LogP contribution in [0.4, 0.5) is 0 Å². The lowest BCUT2D eigenvalue weighted by Gasteiger charge is -2.20. The number of para-hydroxylation sites is 1. The van der Waals surface area contributed by atoms with Crippen LogP contribution in [0.1, 0.15) is 27.7 Å². The maximum absolute atomic E-state index is 5.92. The lowest BCUT2D eigenvalue weighted by Crippen LogP contribution is -2.06. The minimum absolute atomic E-state index is 0.548. The smallest absolute Gasteiger partial charge is 0.230 e. The third kappa shape index (κ3) is 6.65. The average Bonchev–Trinajstić information content (AvgIpc) is 2.26. The van der Waals surface area contributed by atoms with Crippen molar-refractivity contribution in [2.45, 2.75) is 27.7 Å². The summed E-state index contributed by atoms with van der Waals surface area (Å²) >= 11 is 0. The number of benzene rings is 1. The van der Waals surface area contributed by atoms with E-state index in [1.807, 2.05) is 30.3 Å². The summed E-state index contributed by atoms with van der Waals surface area (Å²) in [6.45, 7) is 9.48. The molecule has 1 aromatic rings. The van der Waals surface area contributed by atoms with E-state index >= 15 is 0 Å². The molecule has 1 rings (SSSR count). The Kier molecular flexibility index (Phi) is 6.54. The summed E-state index contributed by atoms with van der Waals surface area (Å²) in [5, 5.41) is 0. The fourth-order valence-corrected chi connectivity index (χ4v) is 2.90. The van der Waals surface area contributed by atoms with E-state index in [1.165, 1.54) is 0 Å². The molecular weight excluding hydrogens is 231 g/mol. The molecule has 0 aliphatic rings. The second-order valence-corrected chi connectivity index (χ2v) is 6.47. The minimum Gasteiger partial charge on any atom is -0.447 e. The van der Waals surface area contributed by atoms with Crippen LogP contribution in [0.3, 0.4) is 0 Å². The van der Waals surface area contributed by atoms with Gasteiger partial charge in [0.25, 0.3) is 0 Å². The van der Waals surface area contributed by atoms with Crippen molar-refractivity contribution in [3.05, 3.63) is 30.3 Å². The SMILES string of the molecule is CC(C)COP(CC(C)C)Oc1ccccc1. The monoisotopic (exact) mass is 254 g/mol. The van der Waals surface area contributed by atoms with E-state index in [4.69, 9.17) is 9.05 Å². The summed E-state index contributed by atoms with van der Waals surface area (Å²) in [6, 6.07) is 9.93. The molecule has 0 aliphatic carbocycles. The zero-order valence-corrected chi connectivity index (χ0v) is 12.1. The zero-order valence-electron chi connectivity index (χ0n) is 11.2. The largest absolute Gasteiger partial charge is 0.447 e. The van der Waals surface area contributed by atoms with Gasteiger partial charge in [0.15, 0.2) is 0 Å². The van der Waals surface area contributed by atoms with Crippen LogP contribution in [-0.4, -0.2) is 12.8 Å². The van der Waals surface area contributed by atoms with E-state index in [9.17, 15) is 0 Å². The molecular formula is C14H23O2P. The molecule has 0 fully saturated rings. The molecule has 0 amide bonds. The molecule has 2 nitrogen and oxygen atoms in total. The summed E-state index contributed by atoms with van der Waals surface area (Å²) < 4.78 is 11.8. The van der Waals surface area contributed by atoms with E-state index < -0.39 is 8.38 Å². The van der Waals surface area contributed by atoms with Crippen LogP contribution in [0, 0.1) is 11.8 Å². The maximum atomic E-state index is 5.92. The van der Waals surface area contributed by atoms with Crippen molar-refractivity contribution in [2.24, 2.45) is 11.8 Å². The van der Waals surface area contributed by atoms with Gasteiger partial charge < -0.3 is 9.05 Å². The number of hydrogen-bond donors (Lipinski definition) is 0. The Morgan fingerprint density at radius 3 is 2.18 bits per heavy atom. The van der Waals surface area contributed by atoms with Crippen molar-refractivity contribution in [1.29, 1.82) is 0 Å². The molecule has 1 aromatic carbocycles. The van der Waals surface area contributed by atoms with E-state index in [-0.39, 0.29) is 0 Å². The Morgan fingerprint density at radius 1 is 1.00 bits per heavy atom. The fraction of sp³-hybridized carbons (Fsp3) is 0.571. The first-order valence-electron chi connectivity index (χ1n) is 6.21. The van der Waals surface area contributed by atoms with Gasteiger partial charge in [0.1, 0.15) is 5.75 Å². The van der Waals surface area contributed by atoms with Crippen LogP contribution in [0.5, 0.6) is 5.75 Å². The second-order valence-electron chi connectivity index (χ2n) is 5.00. The van der Waals surface area contributed by atoms with Crippen LogP contribution < -0.4 is 4.52 Å². The molecule has 0 saturated carbocycles. The standard InChI is InChI=1S/C14H23O2P/c1-12(2)10-15-17(11-13(3)4)16-14-8-6-5-7-9-14/h5-9,12-13H,10-11H2,1-4H3. The van der Waals surface area contributed by atoms with Crippen molar-refractivity contribution < 1.29 is 9.05 Å². The molecule has 0 spiro atoms. The van der Waals surface area contributed by atoms with Crippen LogP contribution in [-0.2, 0) is 4.52 Å². The zero-order chi connectivity index (χ0) is 12.7. The third-order valence-corrected chi connectivity index (χ3v) is 3.90. The van der Waals surface area contributed by atoms with Gasteiger partial charge in [-0.2, -0.15) is 0 Å². The summed E-state index contributed by atoms with van der Waals surface area (Å²) in [7, 11) is -0.809. The quantitative estimate of drug-likeness (QED) is 0.656. The van der Waals surface area contributed by atoms with Gasteiger partial charge in [0.05, 0.1) is 6.61 Å². The Morgan fingerprint density at radius 2 is 1.65 bits per heavy atom. The van der Waals surface area contributed by atoms with Crippen molar-refractivity contribution in [3.63, 3.8) is 0 Å².